The molecular formula is C11H9BrF3NO2. The monoisotopic (exact) mass is 323 g/mol. The highest BCUT2D eigenvalue weighted by atomic mass is 79.9. The summed E-state index contributed by atoms with van der Waals surface area (Å²) in [4.78, 5) is 17.0. The summed E-state index contributed by atoms with van der Waals surface area (Å²) < 4.78 is 38.0. The fourth-order valence-electron chi connectivity index (χ4n) is 1.61. The maximum atomic E-state index is 12.6. The van der Waals surface area contributed by atoms with Gasteiger partial charge in [0.05, 0.1) is 24.3 Å². The molecule has 7 heteroatoms. The van der Waals surface area contributed by atoms with Crippen molar-refractivity contribution in [3.8, 4) is 0 Å². The zero-order valence-electron chi connectivity index (χ0n) is 9.13. The Labute approximate surface area is 110 Å². The summed E-state index contributed by atoms with van der Waals surface area (Å²) in [6.45, 7) is 0.795. The lowest BCUT2D eigenvalue weighted by Gasteiger charge is -2.16. The third-order valence-corrected chi connectivity index (χ3v) is 3.19. The zero-order valence-corrected chi connectivity index (χ0v) is 10.7. The maximum Gasteiger partial charge on any atom is 0.416 e. The van der Waals surface area contributed by atoms with Gasteiger partial charge in [-0.2, -0.15) is 13.2 Å². The third kappa shape index (κ3) is 2.67. The molecule has 1 amide bonds. The SMILES string of the molecule is O=C(c1cc(C(F)(F)F)ccc1Br)N1CCCO1. The Morgan fingerprint density at radius 3 is 2.67 bits per heavy atom. The van der Waals surface area contributed by atoms with Crippen molar-refractivity contribution in [2.45, 2.75) is 12.6 Å². The van der Waals surface area contributed by atoms with Crippen molar-refractivity contribution in [3.63, 3.8) is 0 Å². The number of carbonyl (C=O) groups excluding carboxylic acids is 1. The van der Waals surface area contributed by atoms with Crippen LogP contribution in [0.15, 0.2) is 22.7 Å². The fraction of sp³-hybridized carbons (Fsp3) is 0.364. The van der Waals surface area contributed by atoms with Crippen LogP contribution >= 0.6 is 15.9 Å². The van der Waals surface area contributed by atoms with Crippen molar-refractivity contribution in [1.82, 2.24) is 5.06 Å². The molecule has 3 nitrogen and oxygen atoms in total. The second-order valence-corrected chi connectivity index (χ2v) is 4.64. The molecule has 1 saturated heterocycles. The smallest absolute Gasteiger partial charge is 0.271 e. The third-order valence-electron chi connectivity index (χ3n) is 2.50. The van der Waals surface area contributed by atoms with E-state index in [1.807, 2.05) is 0 Å². The average molecular weight is 324 g/mol. The maximum absolute atomic E-state index is 12.6. The highest BCUT2D eigenvalue weighted by Crippen LogP contribution is 2.32. The van der Waals surface area contributed by atoms with Crippen LogP contribution in [-0.2, 0) is 11.0 Å². The van der Waals surface area contributed by atoms with E-state index in [1.165, 1.54) is 6.07 Å². The van der Waals surface area contributed by atoms with Crippen molar-refractivity contribution >= 4 is 21.8 Å². The average Bonchev–Trinajstić information content (AvgIpc) is 2.80. The van der Waals surface area contributed by atoms with Crippen LogP contribution in [0, 0.1) is 0 Å². The molecule has 1 aliphatic rings. The predicted molar refractivity (Wildman–Crippen MR) is 60.7 cm³/mol. The van der Waals surface area contributed by atoms with Gasteiger partial charge in [0.2, 0.25) is 0 Å². The molecule has 1 fully saturated rings. The van der Waals surface area contributed by atoms with Gasteiger partial charge in [-0.3, -0.25) is 9.63 Å². The van der Waals surface area contributed by atoms with Crippen molar-refractivity contribution in [2.75, 3.05) is 13.2 Å². The van der Waals surface area contributed by atoms with E-state index in [4.69, 9.17) is 4.84 Å². The molecule has 1 aromatic carbocycles. The standard InChI is InChI=1S/C11H9BrF3NO2/c12-9-3-2-7(11(13,14)15)6-8(9)10(17)16-4-1-5-18-16/h2-3,6H,1,4-5H2. The van der Waals surface area contributed by atoms with E-state index < -0.39 is 17.6 Å². The van der Waals surface area contributed by atoms with Crippen molar-refractivity contribution < 1.29 is 22.8 Å². The predicted octanol–water partition coefficient (Wildman–Crippen LogP) is 3.25. The number of carbonyl (C=O) groups is 1. The first-order chi connectivity index (χ1) is 8.39. The quantitative estimate of drug-likeness (QED) is 0.794. The lowest BCUT2D eigenvalue weighted by atomic mass is 10.1. The minimum atomic E-state index is -4.47. The number of rotatable bonds is 1. The Balaban J connectivity index is 2.34. The summed E-state index contributed by atoms with van der Waals surface area (Å²) in [7, 11) is 0. The molecule has 0 spiro atoms. The molecule has 0 aromatic heterocycles. The first-order valence-corrected chi connectivity index (χ1v) is 6.00. The summed E-state index contributed by atoms with van der Waals surface area (Å²) in [6, 6.07) is 2.96. The molecule has 1 aromatic rings. The first-order valence-electron chi connectivity index (χ1n) is 5.21. The summed E-state index contributed by atoms with van der Waals surface area (Å²) in [5.74, 6) is -0.564. The summed E-state index contributed by atoms with van der Waals surface area (Å²) in [6.07, 6.45) is -3.79. The van der Waals surface area contributed by atoms with E-state index in [1.54, 1.807) is 0 Å². The Morgan fingerprint density at radius 2 is 2.11 bits per heavy atom. The number of benzene rings is 1. The summed E-state index contributed by atoms with van der Waals surface area (Å²) in [5.41, 5.74) is -0.903. The Morgan fingerprint density at radius 1 is 1.39 bits per heavy atom. The fourth-order valence-corrected chi connectivity index (χ4v) is 2.02. The van der Waals surface area contributed by atoms with E-state index >= 15 is 0 Å². The summed E-state index contributed by atoms with van der Waals surface area (Å²) in [5, 5.41) is 1.08. The van der Waals surface area contributed by atoms with Gasteiger partial charge in [0, 0.05) is 4.47 Å². The zero-order chi connectivity index (χ0) is 13.3. The Kier molecular flexibility index (Phi) is 3.63. The topological polar surface area (TPSA) is 29.5 Å². The first kappa shape index (κ1) is 13.4. The molecule has 1 aliphatic heterocycles. The second kappa shape index (κ2) is 4.89. The molecule has 1 heterocycles. The van der Waals surface area contributed by atoms with Crippen LogP contribution in [0.5, 0.6) is 0 Å². The molecule has 98 valence electrons. The molecule has 0 N–H and O–H groups in total. The number of nitrogens with zero attached hydrogens (tertiary/aromatic N) is 1. The van der Waals surface area contributed by atoms with Gasteiger partial charge in [-0.05, 0) is 40.5 Å². The van der Waals surface area contributed by atoms with Crippen molar-refractivity contribution in [1.29, 1.82) is 0 Å². The molecule has 0 saturated carbocycles. The van der Waals surface area contributed by atoms with Crippen molar-refractivity contribution in [3.05, 3.63) is 33.8 Å². The Bertz CT molecular complexity index is 470. The number of hydroxylamine groups is 2. The second-order valence-electron chi connectivity index (χ2n) is 3.79. The van der Waals surface area contributed by atoms with E-state index in [-0.39, 0.29) is 5.56 Å². The Hall–Kier alpha value is -1.08. The largest absolute Gasteiger partial charge is 0.416 e. The van der Waals surface area contributed by atoms with Gasteiger partial charge in [0.15, 0.2) is 0 Å². The van der Waals surface area contributed by atoms with Crippen LogP contribution in [0.2, 0.25) is 0 Å². The lowest BCUT2D eigenvalue weighted by molar-refractivity contribution is -0.137. The van der Waals surface area contributed by atoms with E-state index in [2.05, 4.69) is 15.9 Å². The van der Waals surface area contributed by atoms with Gasteiger partial charge in [-0.15, -0.1) is 0 Å². The molecular weight excluding hydrogens is 315 g/mol. The minimum absolute atomic E-state index is 0.0493. The van der Waals surface area contributed by atoms with Gasteiger partial charge in [-0.25, -0.2) is 5.06 Å². The van der Waals surface area contributed by atoms with Gasteiger partial charge in [-0.1, -0.05) is 0 Å². The number of hydrogen-bond acceptors (Lipinski definition) is 2. The van der Waals surface area contributed by atoms with E-state index in [0.717, 1.165) is 17.2 Å². The van der Waals surface area contributed by atoms with E-state index in [0.29, 0.717) is 24.0 Å². The molecule has 0 aliphatic carbocycles. The summed E-state index contributed by atoms with van der Waals surface area (Å²) >= 11 is 3.07. The molecule has 18 heavy (non-hydrogen) atoms. The molecule has 0 radical (unpaired) electrons. The van der Waals surface area contributed by atoms with Gasteiger partial charge in [0.1, 0.15) is 0 Å². The van der Waals surface area contributed by atoms with Gasteiger partial charge >= 0.3 is 6.18 Å². The normalized spacial score (nSPS) is 16.1. The van der Waals surface area contributed by atoms with Gasteiger partial charge < -0.3 is 0 Å². The number of alkyl halides is 3. The molecule has 0 bridgehead atoms. The highest BCUT2D eigenvalue weighted by molar-refractivity contribution is 9.10. The van der Waals surface area contributed by atoms with Crippen LogP contribution in [-0.4, -0.2) is 24.1 Å². The van der Waals surface area contributed by atoms with Gasteiger partial charge in [0.25, 0.3) is 5.91 Å². The van der Waals surface area contributed by atoms with Crippen molar-refractivity contribution in [2.24, 2.45) is 0 Å². The molecule has 0 unspecified atom stereocenters. The molecule has 0 atom stereocenters. The lowest BCUT2D eigenvalue weighted by Crippen LogP contribution is -2.27. The van der Waals surface area contributed by atoms with Crippen LogP contribution in [0.25, 0.3) is 0 Å². The molecule has 2 rings (SSSR count). The number of hydrogen-bond donors (Lipinski definition) is 0. The number of halogens is 4. The van der Waals surface area contributed by atoms with Crippen LogP contribution < -0.4 is 0 Å². The van der Waals surface area contributed by atoms with Crippen LogP contribution in [0.1, 0.15) is 22.3 Å². The van der Waals surface area contributed by atoms with E-state index in [9.17, 15) is 18.0 Å². The minimum Gasteiger partial charge on any atom is -0.271 e. The number of amides is 1. The highest BCUT2D eigenvalue weighted by Gasteiger charge is 2.32. The van der Waals surface area contributed by atoms with Crippen LogP contribution in [0.4, 0.5) is 13.2 Å². The van der Waals surface area contributed by atoms with Crippen LogP contribution in [0.3, 0.4) is 0 Å².